The number of aromatic nitrogens is 2. The summed E-state index contributed by atoms with van der Waals surface area (Å²) >= 11 is 0. The Labute approximate surface area is 86.1 Å². The summed E-state index contributed by atoms with van der Waals surface area (Å²) in [4.78, 5) is 10.9. The van der Waals surface area contributed by atoms with Crippen molar-refractivity contribution < 1.29 is 19.7 Å². The van der Waals surface area contributed by atoms with Crippen LogP contribution in [-0.4, -0.2) is 32.6 Å². The predicted octanol–water partition coefficient (Wildman–Crippen LogP) is 0.986. The number of aromatic hydroxyl groups is 1. The molecule has 1 fully saturated rings. The van der Waals surface area contributed by atoms with E-state index in [0.717, 1.165) is 25.5 Å². The van der Waals surface area contributed by atoms with Gasteiger partial charge in [0.15, 0.2) is 17.7 Å². The molecule has 1 unspecified atom stereocenters. The van der Waals surface area contributed by atoms with E-state index in [0.29, 0.717) is 6.61 Å². The van der Waals surface area contributed by atoms with E-state index in [-0.39, 0.29) is 17.7 Å². The molecule has 0 aliphatic carbocycles. The molecule has 1 aromatic heterocycles. The lowest BCUT2D eigenvalue weighted by Gasteiger charge is -2.23. The molecule has 82 valence electrons. The lowest BCUT2D eigenvalue weighted by Crippen LogP contribution is -2.22. The smallest absolute Gasteiger partial charge is 0.358 e. The minimum atomic E-state index is -1.20. The maximum atomic E-state index is 10.9. The lowest BCUT2D eigenvalue weighted by molar-refractivity contribution is -0.0414. The van der Waals surface area contributed by atoms with Gasteiger partial charge in [-0.15, -0.1) is 0 Å². The molecule has 2 rings (SSSR count). The second kappa shape index (κ2) is 3.90. The highest BCUT2D eigenvalue weighted by Crippen LogP contribution is 2.26. The zero-order valence-electron chi connectivity index (χ0n) is 8.09. The third kappa shape index (κ3) is 1.80. The lowest BCUT2D eigenvalue weighted by atomic mass is 10.2. The SMILES string of the molecule is O=C(O)c1c(O)cnn1C1CCCCO1. The van der Waals surface area contributed by atoms with Crippen molar-refractivity contribution in [2.75, 3.05) is 6.61 Å². The standard InChI is InChI=1S/C9H12N2O4/c12-6-5-10-11(8(6)9(13)14)7-3-1-2-4-15-7/h5,7,12H,1-4H2,(H,13,14). The van der Waals surface area contributed by atoms with Gasteiger partial charge in [-0.25, -0.2) is 9.48 Å². The van der Waals surface area contributed by atoms with Crippen molar-refractivity contribution in [1.29, 1.82) is 0 Å². The maximum absolute atomic E-state index is 10.9. The molecule has 1 saturated heterocycles. The minimum absolute atomic E-state index is 0.207. The van der Waals surface area contributed by atoms with Gasteiger partial charge in [0.2, 0.25) is 0 Å². The molecule has 0 aromatic carbocycles. The number of carboxylic acid groups (broad SMARTS) is 1. The number of hydrogen-bond acceptors (Lipinski definition) is 4. The molecule has 0 bridgehead atoms. The van der Waals surface area contributed by atoms with E-state index in [2.05, 4.69) is 5.10 Å². The van der Waals surface area contributed by atoms with Gasteiger partial charge in [0, 0.05) is 6.61 Å². The molecule has 0 saturated carbocycles. The Morgan fingerprint density at radius 3 is 3.00 bits per heavy atom. The van der Waals surface area contributed by atoms with E-state index in [9.17, 15) is 9.90 Å². The highest BCUT2D eigenvalue weighted by molar-refractivity contribution is 5.88. The first-order valence-electron chi connectivity index (χ1n) is 4.81. The molecule has 2 N–H and O–H groups in total. The molecule has 2 heterocycles. The van der Waals surface area contributed by atoms with Crippen molar-refractivity contribution in [3.8, 4) is 5.75 Å². The summed E-state index contributed by atoms with van der Waals surface area (Å²) in [6, 6.07) is 0. The summed E-state index contributed by atoms with van der Waals surface area (Å²) in [5.41, 5.74) is -0.207. The number of carboxylic acids is 1. The van der Waals surface area contributed by atoms with Crippen LogP contribution in [0.3, 0.4) is 0 Å². The fraction of sp³-hybridized carbons (Fsp3) is 0.556. The topological polar surface area (TPSA) is 84.6 Å². The van der Waals surface area contributed by atoms with E-state index in [1.165, 1.54) is 4.68 Å². The molecule has 15 heavy (non-hydrogen) atoms. The maximum Gasteiger partial charge on any atom is 0.358 e. The average molecular weight is 212 g/mol. The Kier molecular flexibility index (Phi) is 2.59. The summed E-state index contributed by atoms with van der Waals surface area (Å²) in [7, 11) is 0. The van der Waals surface area contributed by atoms with Crippen LogP contribution in [0.4, 0.5) is 0 Å². The van der Waals surface area contributed by atoms with Gasteiger partial charge in [-0.3, -0.25) is 0 Å². The Bertz CT molecular complexity index is 368. The third-order valence-corrected chi connectivity index (χ3v) is 2.41. The first-order valence-corrected chi connectivity index (χ1v) is 4.81. The van der Waals surface area contributed by atoms with Gasteiger partial charge in [-0.1, -0.05) is 0 Å². The highest BCUT2D eigenvalue weighted by Gasteiger charge is 2.25. The van der Waals surface area contributed by atoms with E-state index in [1.807, 2.05) is 0 Å². The van der Waals surface area contributed by atoms with E-state index >= 15 is 0 Å². The van der Waals surface area contributed by atoms with Crippen molar-refractivity contribution in [3.63, 3.8) is 0 Å². The fourth-order valence-electron chi connectivity index (χ4n) is 1.70. The minimum Gasteiger partial charge on any atom is -0.504 e. The van der Waals surface area contributed by atoms with Gasteiger partial charge in [-0.2, -0.15) is 5.10 Å². The van der Waals surface area contributed by atoms with Crippen LogP contribution in [0.1, 0.15) is 36.0 Å². The Hall–Kier alpha value is -1.56. The van der Waals surface area contributed by atoms with Crippen LogP contribution < -0.4 is 0 Å². The number of rotatable bonds is 2. The Balaban J connectivity index is 2.30. The van der Waals surface area contributed by atoms with Crippen LogP contribution in [0.25, 0.3) is 0 Å². The molecule has 6 heteroatoms. The van der Waals surface area contributed by atoms with Gasteiger partial charge < -0.3 is 14.9 Å². The fourth-order valence-corrected chi connectivity index (χ4v) is 1.70. The first-order chi connectivity index (χ1) is 7.20. The molecule has 1 aromatic rings. The largest absolute Gasteiger partial charge is 0.504 e. The number of ether oxygens (including phenoxy) is 1. The second-order valence-electron chi connectivity index (χ2n) is 3.45. The van der Waals surface area contributed by atoms with Crippen LogP contribution in [0, 0.1) is 0 Å². The first kappa shape index (κ1) is 9.97. The zero-order chi connectivity index (χ0) is 10.8. The van der Waals surface area contributed by atoms with Crippen LogP contribution >= 0.6 is 0 Å². The number of hydrogen-bond donors (Lipinski definition) is 2. The van der Waals surface area contributed by atoms with Gasteiger partial charge >= 0.3 is 5.97 Å². The quantitative estimate of drug-likeness (QED) is 0.763. The molecule has 1 aliphatic rings. The van der Waals surface area contributed by atoms with Gasteiger partial charge in [-0.05, 0) is 19.3 Å². The van der Waals surface area contributed by atoms with E-state index in [1.54, 1.807) is 0 Å². The van der Waals surface area contributed by atoms with Gasteiger partial charge in [0.05, 0.1) is 6.20 Å². The van der Waals surface area contributed by atoms with E-state index < -0.39 is 5.97 Å². The predicted molar refractivity (Wildman–Crippen MR) is 49.7 cm³/mol. The average Bonchev–Trinajstić information content (AvgIpc) is 2.61. The van der Waals surface area contributed by atoms with Gasteiger partial charge in [0.1, 0.15) is 0 Å². The summed E-state index contributed by atoms with van der Waals surface area (Å²) in [5, 5.41) is 22.0. The summed E-state index contributed by atoms with van der Waals surface area (Å²) in [6.07, 6.45) is 3.44. The van der Waals surface area contributed by atoms with Crippen molar-refractivity contribution >= 4 is 5.97 Å². The van der Waals surface area contributed by atoms with Crippen molar-refractivity contribution in [1.82, 2.24) is 9.78 Å². The molecule has 6 nitrogen and oxygen atoms in total. The van der Waals surface area contributed by atoms with Crippen molar-refractivity contribution in [3.05, 3.63) is 11.9 Å². The van der Waals surface area contributed by atoms with Crippen molar-refractivity contribution in [2.45, 2.75) is 25.5 Å². The van der Waals surface area contributed by atoms with Crippen LogP contribution in [-0.2, 0) is 4.74 Å². The monoisotopic (exact) mass is 212 g/mol. The van der Waals surface area contributed by atoms with Crippen molar-refractivity contribution in [2.24, 2.45) is 0 Å². The molecular formula is C9H12N2O4. The molecule has 1 aliphatic heterocycles. The number of aromatic carboxylic acids is 1. The summed E-state index contributed by atoms with van der Waals surface area (Å²) in [6.45, 7) is 0.602. The number of nitrogens with zero attached hydrogens (tertiary/aromatic N) is 2. The molecule has 0 radical (unpaired) electrons. The number of carbonyl (C=O) groups is 1. The molecular weight excluding hydrogens is 200 g/mol. The highest BCUT2D eigenvalue weighted by atomic mass is 16.5. The summed E-state index contributed by atoms with van der Waals surface area (Å²) < 4.78 is 6.63. The molecule has 0 amide bonds. The van der Waals surface area contributed by atoms with Crippen LogP contribution in [0.5, 0.6) is 5.75 Å². The van der Waals surface area contributed by atoms with Crippen LogP contribution in [0.2, 0.25) is 0 Å². The zero-order valence-corrected chi connectivity index (χ0v) is 8.09. The Morgan fingerprint density at radius 2 is 2.40 bits per heavy atom. The molecule has 1 atom stereocenters. The summed E-state index contributed by atoms with van der Waals surface area (Å²) in [5.74, 6) is -1.52. The normalized spacial score (nSPS) is 21.5. The third-order valence-electron chi connectivity index (χ3n) is 2.41. The molecule has 0 spiro atoms. The van der Waals surface area contributed by atoms with E-state index in [4.69, 9.17) is 9.84 Å². The second-order valence-corrected chi connectivity index (χ2v) is 3.45. The van der Waals surface area contributed by atoms with Crippen LogP contribution in [0.15, 0.2) is 6.20 Å². The Morgan fingerprint density at radius 1 is 1.60 bits per heavy atom. The van der Waals surface area contributed by atoms with Gasteiger partial charge in [0.25, 0.3) is 0 Å².